The topological polar surface area (TPSA) is 115 Å². The van der Waals surface area contributed by atoms with E-state index in [-0.39, 0.29) is 25.4 Å². The molecule has 0 atom stereocenters. The van der Waals surface area contributed by atoms with Crippen LogP contribution in [0.4, 0.5) is 10.1 Å². The fraction of sp³-hybridized carbons (Fsp3) is 0.136. The molecule has 0 saturated carbocycles. The second-order valence-electron chi connectivity index (χ2n) is 6.33. The van der Waals surface area contributed by atoms with Crippen LogP contribution in [0.3, 0.4) is 0 Å². The standard InChI is InChI=1S/C22H20FN3O4/c23-19-13-25-7-6-20(19)26-21(28)15-4-5-17(12-24)18(11-15)14-2-1-3-16(10-14)22(29)30-9-8-27/h1-7,10-11,13,27H,8-9,12,24H2,(H,25,26,28). The Bertz CT molecular complexity index is 1070. The molecule has 0 bridgehead atoms. The molecule has 0 saturated heterocycles. The van der Waals surface area contributed by atoms with Crippen molar-refractivity contribution in [3.63, 3.8) is 0 Å². The zero-order valence-electron chi connectivity index (χ0n) is 16.0. The maximum absolute atomic E-state index is 13.8. The number of aliphatic hydroxyl groups is 1. The van der Waals surface area contributed by atoms with Crippen molar-refractivity contribution >= 4 is 17.6 Å². The first-order valence-electron chi connectivity index (χ1n) is 9.15. The molecule has 1 amide bonds. The average molecular weight is 409 g/mol. The number of aromatic nitrogens is 1. The Morgan fingerprint density at radius 3 is 2.70 bits per heavy atom. The van der Waals surface area contributed by atoms with Crippen molar-refractivity contribution in [2.75, 3.05) is 18.5 Å². The largest absolute Gasteiger partial charge is 0.460 e. The minimum atomic E-state index is -0.640. The summed E-state index contributed by atoms with van der Waals surface area (Å²) < 4.78 is 18.7. The highest BCUT2D eigenvalue weighted by Crippen LogP contribution is 2.27. The maximum Gasteiger partial charge on any atom is 0.338 e. The highest BCUT2D eigenvalue weighted by molar-refractivity contribution is 6.05. The molecule has 1 heterocycles. The van der Waals surface area contributed by atoms with Gasteiger partial charge in [-0.15, -0.1) is 0 Å². The molecule has 7 nitrogen and oxygen atoms in total. The van der Waals surface area contributed by atoms with Gasteiger partial charge in [0.1, 0.15) is 6.61 Å². The highest BCUT2D eigenvalue weighted by Gasteiger charge is 2.14. The van der Waals surface area contributed by atoms with Crippen molar-refractivity contribution in [1.82, 2.24) is 4.98 Å². The monoisotopic (exact) mass is 409 g/mol. The fourth-order valence-electron chi connectivity index (χ4n) is 2.87. The molecule has 154 valence electrons. The number of carbonyl (C=O) groups excluding carboxylic acids is 2. The Morgan fingerprint density at radius 1 is 1.13 bits per heavy atom. The van der Waals surface area contributed by atoms with Gasteiger partial charge in [0, 0.05) is 18.3 Å². The van der Waals surface area contributed by atoms with E-state index in [1.165, 1.54) is 12.3 Å². The fourth-order valence-corrected chi connectivity index (χ4v) is 2.87. The molecule has 0 aliphatic heterocycles. The molecule has 0 fully saturated rings. The number of nitrogens with one attached hydrogen (secondary N) is 1. The third kappa shape index (κ3) is 4.86. The van der Waals surface area contributed by atoms with Gasteiger partial charge in [0.2, 0.25) is 0 Å². The quantitative estimate of drug-likeness (QED) is 0.517. The van der Waals surface area contributed by atoms with E-state index in [4.69, 9.17) is 15.6 Å². The SMILES string of the molecule is NCc1ccc(C(=O)Nc2ccncc2F)cc1-c1cccc(C(=O)OCCO)c1. The number of rotatable bonds is 7. The number of hydrogen-bond acceptors (Lipinski definition) is 6. The summed E-state index contributed by atoms with van der Waals surface area (Å²) in [4.78, 5) is 28.4. The lowest BCUT2D eigenvalue weighted by molar-refractivity contribution is 0.0433. The number of halogens is 1. The van der Waals surface area contributed by atoms with Crippen LogP contribution < -0.4 is 11.1 Å². The molecule has 3 aromatic rings. The summed E-state index contributed by atoms with van der Waals surface area (Å²) in [6.45, 7) is -0.147. The minimum absolute atomic E-state index is 0.0214. The molecule has 2 aromatic carbocycles. The molecule has 30 heavy (non-hydrogen) atoms. The van der Waals surface area contributed by atoms with Gasteiger partial charge in [0.05, 0.1) is 24.1 Å². The highest BCUT2D eigenvalue weighted by atomic mass is 19.1. The second-order valence-corrected chi connectivity index (χ2v) is 6.33. The van der Waals surface area contributed by atoms with Crippen LogP contribution in [0.15, 0.2) is 60.9 Å². The predicted octanol–water partition coefficient (Wildman–Crippen LogP) is 2.75. The van der Waals surface area contributed by atoms with Gasteiger partial charge >= 0.3 is 5.97 Å². The van der Waals surface area contributed by atoms with Gasteiger partial charge in [0.25, 0.3) is 5.91 Å². The Morgan fingerprint density at radius 2 is 1.97 bits per heavy atom. The molecular weight excluding hydrogens is 389 g/mol. The van der Waals surface area contributed by atoms with Crippen LogP contribution in [-0.4, -0.2) is 35.2 Å². The summed E-state index contributed by atoms with van der Waals surface area (Å²) in [6.07, 6.45) is 2.39. The summed E-state index contributed by atoms with van der Waals surface area (Å²) in [7, 11) is 0. The van der Waals surface area contributed by atoms with E-state index in [9.17, 15) is 14.0 Å². The number of esters is 1. The number of ether oxygens (including phenoxy) is 1. The molecule has 1 aromatic heterocycles. The lowest BCUT2D eigenvalue weighted by atomic mass is 9.95. The van der Waals surface area contributed by atoms with Crippen LogP contribution in [0.2, 0.25) is 0 Å². The smallest absolute Gasteiger partial charge is 0.338 e. The van der Waals surface area contributed by atoms with Crippen molar-refractivity contribution < 1.29 is 23.8 Å². The molecule has 0 radical (unpaired) electrons. The Balaban J connectivity index is 1.93. The van der Waals surface area contributed by atoms with E-state index in [1.54, 1.807) is 42.5 Å². The molecule has 4 N–H and O–H groups in total. The van der Waals surface area contributed by atoms with E-state index in [2.05, 4.69) is 10.3 Å². The first-order valence-corrected chi connectivity index (χ1v) is 9.15. The molecule has 0 unspecified atom stereocenters. The van der Waals surface area contributed by atoms with Gasteiger partial charge in [-0.1, -0.05) is 18.2 Å². The van der Waals surface area contributed by atoms with Gasteiger partial charge in [0.15, 0.2) is 5.82 Å². The lowest BCUT2D eigenvalue weighted by Gasteiger charge is -2.12. The predicted molar refractivity (Wildman–Crippen MR) is 109 cm³/mol. The van der Waals surface area contributed by atoms with Gasteiger partial charge in [-0.3, -0.25) is 9.78 Å². The van der Waals surface area contributed by atoms with E-state index in [0.717, 1.165) is 11.8 Å². The van der Waals surface area contributed by atoms with Crippen molar-refractivity contribution in [1.29, 1.82) is 0 Å². The van der Waals surface area contributed by atoms with Crippen LogP contribution in [-0.2, 0) is 11.3 Å². The summed E-state index contributed by atoms with van der Waals surface area (Å²) >= 11 is 0. The van der Waals surface area contributed by atoms with Crippen LogP contribution in [0, 0.1) is 5.82 Å². The number of anilines is 1. The number of amides is 1. The molecule has 3 rings (SSSR count). The molecule has 8 heteroatoms. The van der Waals surface area contributed by atoms with Crippen molar-refractivity contribution in [3.05, 3.63) is 83.4 Å². The summed E-state index contributed by atoms with van der Waals surface area (Å²) in [5, 5.41) is 11.3. The molecule has 0 aliphatic carbocycles. The van der Waals surface area contributed by atoms with Crippen molar-refractivity contribution in [2.24, 2.45) is 5.73 Å². The molecule has 0 spiro atoms. The first kappa shape index (κ1) is 21.1. The minimum Gasteiger partial charge on any atom is -0.460 e. The van der Waals surface area contributed by atoms with Gasteiger partial charge in [-0.25, -0.2) is 9.18 Å². The van der Waals surface area contributed by atoms with Gasteiger partial charge in [-0.05, 0) is 47.0 Å². The van der Waals surface area contributed by atoms with Gasteiger partial charge in [-0.2, -0.15) is 0 Å². The van der Waals surface area contributed by atoms with E-state index >= 15 is 0 Å². The van der Waals surface area contributed by atoms with Crippen LogP contribution in [0.25, 0.3) is 11.1 Å². The third-order valence-corrected chi connectivity index (χ3v) is 4.35. The number of benzene rings is 2. The Kier molecular flexibility index (Phi) is 6.84. The number of pyridine rings is 1. The zero-order chi connectivity index (χ0) is 21.5. The third-order valence-electron chi connectivity index (χ3n) is 4.35. The Hall–Kier alpha value is -3.62. The zero-order valence-corrected chi connectivity index (χ0v) is 16.0. The summed E-state index contributed by atoms with van der Waals surface area (Å²) in [5.41, 5.74) is 8.56. The first-order chi connectivity index (χ1) is 14.5. The molecule has 0 aliphatic rings. The number of nitrogens with two attached hydrogens (primary N) is 1. The number of carbonyl (C=O) groups is 2. The van der Waals surface area contributed by atoms with Crippen LogP contribution >= 0.6 is 0 Å². The number of aliphatic hydroxyl groups excluding tert-OH is 1. The van der Waals surface area contributed by atoms with Crippen LogP contribution in [0.1, 0.15) is 26.3 Å². The average Bonchev–Trinajstić information content (AvgIpc) is 2.78. The maximum atomic E-state index is 13.8. The number of nitrogens with zero attached hydrogens (tertiary/aromatic N) is 1. The van der Waals surface area contributed by atoms with E-state index in [0.29, 0.717) is 22.3 Å². The van der Waals surface area contributed by atoms with Crippen molar-refractivity contribution in [3.8, 4) is 11.1 Å². The second kappa shape index (κ2) is 9.73. The number of hydrogen-bond donors (Lipinski definition) is 3. The lowest BCUT2D eigenvalue weighted by Crippen LogP contribution is -2.14. The Labute approximate surface area is 172 Å². The normalized spacial score (nSPS) is 10.5. The molecular formula is C22H20FN3O4. The summed E-state index contributed by atoms with van der Waals surface area (Å²) in [6, 6.07) is 13.0. The van der Waals surface area contributed by atoms with E-state index in [1.807, 2.05) is 0 Å². The van der Waals surface area contributed by atoms with Crippen molar-refractivity contribution in [2.45, 2.75) is 6.54 Å². The van der Waals surface area contributed by atoms with E-state index < -0.39 is 17.7 Å². The van der Waals surface area contributed by atoms with Crippen LogP contribution in [0.5, 0.6) is 0 Å². The van der Waals surface area contributed by atoms with Gasteiger partial charge < -0.3 is 20.9 Å². The summed E-state index contributed by atoms with van der Waals surface area (Å²) in [5.74, 6) is -1.70.